The van der Waals surface area contributed by atoms with Crippen molar-refractivity contribution >= 4 is 46.5 Å². The number of nitriles is 2. The molecule has 4 nitrogen and oxygen atoms in total. The van der Waals surface area contributed by atoms with Crippen molar-refractivity contribution in [3.63, 3.8) is 0 Å². The molecule has 1 aliphatic carbocycles. The molecule has 7 heteroatoms. The number of rotatable bonds is 0. The van der Waals surface area contributed by atoms with Crippen molar-refractivity contribution in [2.24, 2.45) is 4.51 Å². The van der Waals surface area contributed by atoms with E-state index in [-0.39, 0.29) is 21.3 Å². The molecular weight excluding hydrogens is 260 g/mol. The van der Waals surface area contributed by atoms with Gasteiger partial charge < -0.3 is 0 Å². The zero-order chi connectivity index (χ0) is 11.6. The van der Waals surface area contributed by atoms with Crippen LogP contribution in [0.25, 0.3) is 0 Å². The van der Waals surface area contributed by atoms with Gasteiger partial charge in [-0.05, 0) is 0 Å². The minimum Gasteiger partial charge on any atom is -0.287 e. The van der Waals surface area contributed by atoms with E-state index < -0.39 is 11.4 Å². The molecule has 0 radical (unpaired) electrons. The molecule has 1 aliphatic rings. The van der Waals surface area contributed by atoms with Gasteiger partial charge in [0.2, 0.25) is 5.78 Å². The Labute approximate surface area is 99.8 Å². The first-order valence-corrected chi connectivity index (χ1v) is 4.52. The molecule has 0 aliphatic heterocycles. The lowest BCUT2D eigenvalue weighted by atomic mass is 9.96. The monoisotopic (exact) mass is 259 g/mol. The van der Waals surface area contributed by atoms with E-state index >= 15 is 0 Å². The molecule has 0 atom stereocenters. The topological polar surface area (TPSA) is 77.0 Å². The largest absolute Gasteiger partial charge is 0.287 e. The van der Waals surface area contributed by atoms with E-state index in [0.717, 1.165) is 0 Å². The first-order valence-electron chi connectivity index (χ1n) is 3.42. The van der Waals surface area contributed by atoms with Crippen LogP contribution >= 0.6 is 35.0 Å². The van der Waals surface area contributed by atoms with Crippen LogP contribution in [0.3, 0.4) is 0 Å². The summed E-state index contributed by atoms with van der Waals surface area (Å²) < 4.78 is 3.19. The minimum absolute atomic E-state index is 0.165. The van der Waals surface area contributed by atoms with Gasteiger partial charge in [0.25, 0.3) is 0 Å². The maximum absolute atomic E-state index is 11.4. The first kappa shape index (κ1) is 11.7. The van der Waals surface area contributed by atoms with Crippen molar-refractivity contribution in [3.05, 3.63) is 21.2 Å². The predicted molar refractivity (Wildman–Crippen MR) is 55.3 cm³/mol. The number of hydrogen-bond acceptors (Lipinski definition) is 4. The summed E-state index contributed by atoms with van der Waals surface area (Å²) in [7, 11) is 0. The Morgan fingerprint density at radius 2 is 1.60 bits per heavy atom. The highest BCUT2D eigenvalue weighted by atomic mass is 35.5. The fourth-order valence-electron chi connectivity index (χ4n) is 0.950. The molecule has 0 unspecified atom stereocenters. The van der Waals surface area contributed by atoms with E-state index in [4.69, 9.17) is 45.5 Å². The Balaban J connectivity index is 3.59. The zero-order valence-corrected chi connectivity index (χ0v) is 9.15. The molecule has 0 saturated heterocycles. The smallest absolute Gasteiger partial charge is 0.217 e. The molecule has 0 saturated carbocycles. The third kappa shape index (κ3) is 1.75. The Hall–Kier alpha value is -1.33. The summed E-state index contributed by atoms with van der Waals surface area (Å²) in [5, 5.41) is 16.8. The van der Waals surface area contributed by atoms with Crippen LogP contribution < -0.4 is 0 Å². The molecule has 1 rings (SSSR count). The fraction of sp³-hybridized carbons (Fsp3) is 0. The normalized spacial score (nSPS) is 19.3. The summed E-state index contributed by atoms with van der Waals surface area (Å²) in [6.45, 7) is 0. The lowest BCUT2D eigenvalue weighted by Crippen LogP contribution is -2.18. The van der Waals surface area contributed by atoms with E-state index in [1.54, 1.807) is 12.1 Å². The summed E-state index contributed by atoms with van der Waals surface area (Å²) in [5.41, 5.74) is -0.847. The summed E-state index contributed by atoms with van der Waals surface area (Å²) in [4.78, 5) is 11.4. The standard InChI is InChI=1S/C8Cl3N3O/c9-5-6(10)8(15)4(2-13)3(1-12)7(5)14-11. The molecule has 0 spiro atoms. The molecule has 15 heavy (non-hydrogen) atoms. The molecule has 0 amide bonds. The van der Waals surface area contributed by atoms with Crippen LogP contribution in [0.1, 0.15) is 0 Å². The number of ketones is 1. The number of allylic oxidation sites excluding steroid dienone is 4. The average Bonchev–Trinajstić information content (AvgIpc) is 2.25. The second-order valence-electron chi connectivity index (χ2n) is 2.36. The van der Waals surface area contributed by atoms with Crippen molar-refractivity contribution in [2.75, 3.05) is 0 Å². The SMILES string of the molecule is N#CC1=C(C#N)C(=NCl)C(Cl)=C(Cl)C1=O. The van der Waals surface area contributed by atoms with Crippen LogP contribution in [-0.2, 0) is 4.79 Å². The van der Waals surface area contributed by atoms with Gasteiger partial charge in [0, 0.05) is 11.8 Å². The third-order valence-electron chi connectivity index (χ3n) is 1.62. The van der Waals surface area contributed by atoms with Crippen molar-refractivity contribution in [1.82, 2.24) is 0 Å². The van der Waals surface area contributed by atoms with Crippen LogP contribution in [0.2, 0.25) is 0 Å². The van der Waals surface area contributed by atoms with Gasteiger partial charge in [0.1, 0.15) is 34.0 Å². The van der Waals surface area contributed by atoms with Gasteiger partial charge in [-0.3, -0.25) is 4.79 Å². The van der Waals surface area contributed by atoms with Crippen LogP contribution in [0, 0.1) is 22.7 Å². The molecule has 0 aromatic heterocycles. The number of carbonyl (C=O) groups is 1. The Bertz CT molecular complexity index is 516. The molecule has 0 heterocycles. The van der Waals surface area contributed by atoms with Gasteiger partial charge in [-0.25, -0.2) is 0 Å². The number of hydrogen-bond donors (Lipinski definition) is 0. The lowest BCUT2D eigenvalue weighted by molar-refractivity contribution is -0.111. The molecule has 74 valence electrons. The van der Waals surface area contributed by atoms with E-state index in [1.165, 1.54) is 0 Å². The van der Waals surface area contributed by atoms with Gasteiger partial charge in [-0.15, -0.1) is 0 Å². The van der Waals surface area contributed by atoms with Crippen molar-refractivity contribution < 1.29 is 4.79 Å². The predicted octanol–water partition coefficient (Wildman–Crippen LogP) is 2.20. The van der Waals surface area contributed by atoms with Gasteiger partial charge in [-0.2, -0.15) is 15.0 Å². The Morgan fingerprint density at radius 3 is 2.00 bits per heavy atom. The number of carbonyl (C=O) groups excluding carboxylic acids is 1. The maximum atomic E-state index is 11.4. The van der Waals surface area contributed by atoms with Crippen LogP contribution in [-0.4, -0.2) is 11.5 Å². The molecule has 0 aromatic carbocycles. The molecule has 0 aromatic rings. The molecule has 0 fully saturated rings. The quantitative estimate of drug-likeness (QED) is 0.626. The highest BCUT2D eigenvalue weighted by Gasteiger charge is 2.31. The molecule has 0 N–H and O–H groups in total. The maximum Gasteiger partial charge on any atom is 0.217 e. The van der Waals surface area contributed by atoms with E-state index in [0.29, 0.717) is 0 Å². The second-order valence-corrected chi connectivity index (χ2v) is 3.29. The minimum atomic E-state index is -0.801. The highest BCUT2D eigenvalue weighted by Crippen LogP contribution is 2.30. The van der Waals surface area contributed by atoms with E-state index in [9.17, 15) is 4.79 Å². The summed E-state index contributed by atoms with van der Waals surface area (Å²) in [6, 6.07) is 3.19. The Kier molecular flexibility index (Phi) is 3.49. The lowest BCUT2D eigenvalue weighted by Gasteiger charge is -2.11. The van der Waals surface area contributed by atoms with Crippen LogP contribution in [0.5, 0.6) is 0 Å². The Morgan fingerprint density at radius 1 is 1.07 bits per heavy atom. The zero-order valence-electron chi connectivity index (χ0n) is 6.88. The molecule has 0 bridgehead atoms. The number of halogens is 3. The summed E-state index contributed by atoms with van der Waals surface area (Å²) in [6.07, 6.45) is 0. The number of Topliss-reactive ketones (excluding diaryl/α,β-unsaturated/α-hetero) is 1. The second kappa shape index (κ2) is 4.46. The van der Waals surface area contributed by atoms with Crippen molar-refractivity contribution in [2.45, 2.75) is 0 Å². The van der Waals surface area contributed by atoms with Gasteiger partial charge in [0.05, 0.1) is 5.03 Å². The van der Waals surface area contributed by atoms with Crippen molar-refractivity contribution in [1.29, 1.82) is 10.5 Å². The summed E-state index contributed by atoms with van der Waals surface area (Å²) >= 11 is 16.4. The number of nitrogens with zero attached hydrogens (tertiary/aromatic N) is 3. The van der Waals surface area contributed by atoms with Crippen molar-refractivity contribution in [3.8, 4) is 12.1 Å². The van der Waals surface area contributed by atoms with E-state index in [2.05, 4.69) is 4.51 Å². The third-order valence-corrected chi connectivity index (χ3v) is 2.62. The van der Waals surface area contributed by atoms with Gasteiger partial charge in [-0.1, -0.05) is 23.2 Å². The molecular formula is C8Cl3N3O. The van der Waals surface area contributed by atoms with Crippen LogP contribution in [0.15, 0.2) is 25.7 Å². The van der Waals surface area contributed by atoms with E-state index in [1.807, 2.05) is 0 Å². The van der Waals surface area contributed by atoms with Gasteiger partial charge >= 0.3 is 0 Å². The summed E-state index contributed by atoms with van der Waals surface area (Å²) in [5.74, 6) is -0.801. The highest BCUT2D eigenvalue weighted by molar-refractivity contribution is 6.61. The first-order chi connectivity index (χ1) is 7.08. The van der Waals surface area contributed by atoms with Gasteiger partial charge in [0.15, 0.2) is 0 Å². The fourth-order valence-corrected chi connectivity index (χ4v) is 1.57. The average molecular weight is 260 g/mol. The van der Waals surface area contributed by atoms with Crippen LogP contribution in [0.4, 0.5) is 0 Å².